The molecule has 10 heavy (non-hydrogen) atoms. The zero-order valence-corrected chi connectivity index (χ0v) is 6.85. The van der Waals surface area contributed by atoms with Gasteiger partial charge < -0.3 is 11.1 Å². The van der Waals surface area contributed by atoms with Crippen molar-refractivity contribution in [2.24, 2.45) is 11.7 Å². The van der Waals surface area contributed by atoms with Crippen molar-refractivity contribution in [1.82, 2.24) is 5.32 Å². The van der Waals surface area contributed by atoms with Crippen LogP contribution in [0.5, 0.6) is 0 Å². The highest BCUT2D eigenvalue weighted by atomic mass is 16.1. The van der Waals surface area contributed by atoms with E-state index in [1.807, 2.05) is 0 Å². The van der Waals surface area contributed by atoms with Crippen molar-refractivity contribution in [2.45, 2.75) is 26.8 Å². The Balaban J connectivity index is 3.40. The monoisotopic (exact) mass is 144 g/mol. The Labute approximate surface area is 62.0 Å². The number of carbonyl (C=O) groups is 1. The Kier molecular flexibility index (Phi) is 4.03. The predicted octanol–water partition coefficient (Wildman–Crippen LogP) is 0.106. The Bertz CT molecular complexity index is 112. The molecule has 0 aromatic rings. The standard InChI is InChI=1S/C7H16N2O/c1-5(2)4-9-6(3)7(8)10/h5-6,9H,4H2,1-3H3,(H2,8,10)/t6-/m1/s1. The Morgan fingerprint density at radius 3 is 2.30 bits per heavy atom. The third-order valence-corrected chi connectivity index (χ3v) is 1.26. The van der Waals surface area contributed by atoms with Gasteiger partial charge in [-0.05, 0) is 19.4 Å². The smallest absolute Gasteiger partial charge is 0.234 e. The fraction of sp³-hybridized carbons (Fsp3) is 0.857. The summed E-state index contributed by atoms with van der Waals surface area (Å²) in [6.45, 7) is 6.77. The highest BCUT2D eigenvalue weighted by Crippen LogP contribution is 1.88. The molecule has 60 valence electrons. The van der Waals surface area contributed by atoms with E-state index in [1.54, 1.807) is 6.92 Å². The molecule has 0 unspecified atom stereocenters. The van der Waals surface area contributed by atoms with E-state index in [-0.39, 0.29) is 11.9 Å². The Morgan fingerprint density at radius 2 is 2.00 bits per heavy atom. The summed E-state index contributed by atoms with van der Waals surface area (Å²) < 4.78 is 0. The van der Waals surface area contributed by atoms with Crippen molar-refractivity contribution in [2.75, 3.05) is 6.54 Å². The van der Waals surface area contributed by atoms with Gasteiger partial charge in [0.05, 0.1) is 6.04 Å². The van der Waals surface area contributed by atoms with Gasteiger partial charge in [-0.15, -0.1) is 0 Å². The molecule has 0 aliphatic rings. The first kappa shape index (κ1) is 9.43. The van der Waals surface area contributed by atoms with Gasteiger partial charge in [-0.25, -0.2) is 0 Å². The summed E-state index contributed by atoms with van der Waals surface area (Å²) in [6.07, 6.45) is 0. The number of carbonyl (C=O) groups excluding carboxylic acids is 1. The van der Waals surface area contributed by atoms with Crippen LogP contribution in [0.4, 0.5) is 0 Å². The number of rotatable bonds is 4. The van der Waals surface area contributed by atoms with Crippen LogP contribution in [0.1, 0.15) is 20.8 Å². The molecule has 0 aromatic carbocycles. The maximum absolute atomic E-state index is 10.5. The summed E-state index contributed by atoms with van der Waals surface area (Å²) in [5.41, 5.74) is 5.02. The largest absolute Gasteiger partial charge is 0.368 e. The summed E-state index contributed by atoms with van der Waals surface area (Å²) in [5.74, 6) is 0.266. The molecule has 1 atom stereocenters. The minimum Gasteiger partial charge on any atom is -0.368 e. The lowest BCUT2D eigenvalue weighted by Gasteiger charge is -2.11. The molecule has 0 rings (SSSR count). The summed E-state index contributed by atoms with van der Waals surface area (Å²) >= 11 is 0. The van der Waals surface area contributed by atoms with Gasteiger partial charge in [-0.3, -0.25) is 4.79 Å². The Hall–Kier alpha value is -0.570. The van der Waals surface area contributed by atoms with Crippen molar-refractivity contribution < 1.29 is 4.79 Å². The molecule has 0 fully saturated rings. The van der Waals surface area contributed by atoms with Gasteiger partial charge in [0.2, 0.25) is 5.91 Å². The fourth-order valence-corrected chi connectivity index (χ4v) is 0.513. The first-order valence-electron chi connectivity index (χ1n) is 3.56. The molecule has 3 N–H and O–H groups in total. The molecule has 0 bridgehead atoms. The Morgan fingerprint density at radius 1 is 1.50 bits per heavy atom. The number of nitrogens with one attached hydrogen (secondary N) is 1. The van der Waals surface area contributed by atoms with Gasteiger partial charge in [0.25, 0.3) is 0 Å². The van der Waals surface area contributed by atoms with Crippen LogP contribution in [0.15, 0.2) is 0 Å². The van der Waals surface area contributed by atoms with E-state index < -0.39 is 0 Å². The van der Waals surface area contributed by atoms with Crippen LogP contribution >= 0.6 is 0 Å². The molecule has 0 aromatic heterocycles. The summed E-state index contributed by atoms with van der Waals surface area (Å²) in [6, 6.07) is -0.206. The van der Waals surface area contributed by atoms with Crippen LogP contribution in [-0.2, 0) is 4.79 Å². The van der Waals surface area contributed by atoms with Gasteiger partial charge in [0.15, 0.2) is 0 Å². The highest BCUT2D eigenvalue weighted by molar-refractivity contribution is 5.79. The van der Waals surface area contributed by atoms with E-state index >= 15 is 0 Å². The zero-order chi connectivity index (χ0) is 8.15. The number of primary amides is 1. The van der Waals surface area contributed by atoms with Crippen LogP contribution in [0.3, 0.4) is 0 Å². The van der Waals surface area contributed by atoms with E-state index in [2.05, 4.69) is 19.2 Å². The summed E-state index contributed by atoms with van der Waals surface area (Å²) in [7, 11) is 0. The number of hydrogen-bond acceptors (Lipinski definition) is 2. The first-order valence-corrected chi connectivity index (χ1v) is 3.56. The van der Waals surface area contributed by atoms with Gasteiger partial charge >= 0.3 is 0 Å². The number of hydrogen-bond donors (Lipinski definition) is 2. The molecular weight excluding hydrogens is 128 g/mol. The normalized spacial score (nSPS) is 13.6. The van der Waals surface area contributed by atoms with E-state index in [4.69, 9.17) is 5.73 Å². The average Bonchev–Trinajstić information content (AvgIpc) is 1.82. The van der Waals surface area contributed by atoms with Crippen molar-refractivity contribution >= 4 is 5.91 Å². The third-order valence-electron chi connectivity index (χ3n) is 1.26. The lowest BCUT2D eigenvalue weighted by molar-refractivity contribution is -0.119. The summed E-state index contributed by atoms with van der Waals surface area (Å²) in [4.78, 5) is 10.5. The summed E-state index contributed by atoms with van der Waals surface area (Å²) in [5, 5.41) is 3.01. The second kappa shape index (κ2) is 4.28. The lowest BCUT2D eigenvalue weighted by atomic mass is 10.2. The zero-order valence-electron chi connectivity index (χ0n) is 6.85. The van der Waals surface area contributed by atoms with Crippen LogP contribution in [0.25, 0.3) is 0 Å². The van der Waals surface area contributed by atoms with E-state index in [0.717, 1.165) is 6.54 Å². The molecule has 0 aliphatic heterocycles. The van der Waals surface area contributed by atoms with Crippen molar-refractivity contribution in [3.05, 3.63) is 0 Å². The third kappa shape index (κ3) is 4.32. The van der Waals surface area contributed by atoms with Gasteiger partial charge in [0.1, 0.15) is 0 Å². The van der Waals surface area contributed by atoms with Crippen LogP contribution in [-0.4, -0.2) is 18.5 Å². The minimum absolute atomic E-state index is 0.206. The van der Waals surface area contributed by atoms with Crippen molar-refractivity contribution in [3.63, 3.8) is 0 Å². The van der Waals surface area contributed by atoms with Crippen molar-refractivity contribution in [3.8, 4) is 0 Å². The second-order valence-corrected chi connectivity index (χ2v) is 2.93. The predicted molar refractivity (Wildman–Crippen MR) is 41.5 cm³/mol. The van der Waals surface area contributed by atoms with Crippen LogP contribution < -0.4 is 11.1 Å². The highest BCUT2D eigenvalue weighted by Gasteiger charge is 2.06. The SMILES string of the molecule is CC(C)CN[C@H](C)C(N)=O. The van der Waals surface area contributed by atoms with Gasteiger partial charge in [-0.1, -0.05) is 13.8 Å². The maximum Gasteiger partial charge on any atom is 0.234 e. The molecule has 0 saturated heterocycles. The van der Waals surface area contributed by atoms with Crippen molar-refractivity contribution in [1.29, 1.82) is 0 Å². The number of amides is 1. The molecule has 0 saturated carbocycles. The lowest BCUT2D eigenvalue weighted by Crippen LogP contribution is -2.40. The quantitative estimate of drug-likeness (QED) is 0.588. The topological polar surface area (TPSA) is 55.1 Å². The van der Waals surface area contributed by atoms with Crippen LogP contribution in [0, 0.1) is 5.92 Å². The second-order valence-electron chi connectivity index (χ2n) is 2.93. The van der Waals surface area contributed by atoms with Gasteiger partial charge in [-0.2, -0.15) is 0 Å². The molecule has 0 aliphatic carbocycles. The fourth-order valence-electron chi connectivity index (χ4n) is 0.513. The number of nitrogens with two attached hydrogens (primary N) is 1. The van der Waals surface area contributed by atoms with E-state index in [9.17, 15) is 4.79 Å². The molecule has 3 nitrogen and oxygen atoms in total. The van der Waals surface area contributed by atoms with E-state index in [0.29, 0.717) is 5.92 Å². The minimum atomic E-state index is -0.291. The molecule has 3 heteroatoms. The van der Waals surface area contributed by atoms with Crippen LogP contribution in [0.2, 0.25) is 0 Å². The molecule has 0 radical (unpaired) electrons. The van der Waals surface area contributed by atoms with E-state index in [1.165, 1.54) is 0 Å². The molecule has 0 heterocycles. The maximum atomic E-state index is 10.5. The average molecular weight is 144 g/mol. The molecule has 1 amide bonds. The molecule has 0 spiro atoms. The first-order chi connectivity index (χ1) is 4.54. The van der Waals surface area contributed by atoms with Gasteiger partial charge in [0, 0.05) is 0 Å². The molecular formula is C7H16N2O.